The first-order chi connectivity index (χ1) is 12.9. The van der Waals surface area contributed by atoms with Gasteiger partial charge in [-0.1, -0.05) is 23.7 Å². The summed E-state index contributed by atoms with van der Waals surface area (Å²) in [6, 6.07) is 10.1. The van der Waals surface area contributed by atoms with E-state index >= 15 is 0 Å². The molecule has 1 aliphatic heterocycles. The largest absolute Gasteiger partial charge is 0.434 e. The minimum absolute atomic E-state index is 0.195. The molecule has 1 fully saturated rings. The molecule has 10 heteroatoms. The third kappa shape index (κ3) is 3.77. The average molecular weight is 409 g/mol. The third-order valence-corrected chi connectivity index (χ3v) is 6.63. The highest BCUT2D eigenvalue weighted by Gasteiger charge is 2.31. The minimum Gasteiger partial charge on any atom is -0.392 e. The van der Waals surface area contributed by atoms with E-state index in [0.29, 0.717) is 24.5 Å². The second-order valence-electron chi connectivity index (χ2n) is 6.38. The van der Waals surface area contributed by atoms with Crippen LogP contribution in [0, 0.1) is 0 Å². The van der Waals surface area contributed by atoms with E-state index in [1.54, 1.807) is 36.4 Å². The molecule has 142 valence electrons. The van der Waals surface area contributed by atoms with E-state index in [0.717, 1.165) is 10.8 Å². The zero-order chi connectivity index (χ0) is 19.0. The molecule has 3 aromatic rings. The lowest BCUT2D eigenvalue weighted by atomic mass is 10.1. The summed E-state index contributed by atoms with van der Waals surface area (Å²) in [4.78, 5) is 11.3. The Morgan fingerprint density at radius 1 is 1.22 bits per heavy atom. The number of H-pyrrole nitrogens is 1. The summed E-state index contributed by atoms with van der Waals surface area (Å²) >= 11 is 5.99. The number of aromatic amines is 1. The molecule has 1 aromatic heterocycles. The van der Waals surface area contributed by atoms with Crippen LogP contribution in [-0.2, 0) is 16.4 Å². The van der Waals surface area contributed by atoms with Crippen molar-refractivity contribution in [3.05, 3.63) is 57.9 Å². The molecule has 1 saturated heterocycles. The number of halogens is 1. The van der Waals surface area contributed by atoms with E-state index in [9.17, 15) is 13.2 Å². The van der Waals surface area contributed by atoms with Crippen LogP contribution < -0.4 is 11.1 Å². The first-order valence-corrected chi connectivity index (χ1v) is 10.2. The Morgan fingerprint density at radius 3 is 2.78 bits per heavy atom. The number of piperazine rings is 1. The molecule has 1 atom stereocenters. The summed E-state index contributed by atoms with van der Waals surface area (Å²) in [7, 11) is -3.64. The van der Waals surface area contributed by atoms with Crippen LogP contribution in [-0.4, -0.2) is 48.6 Å². The summed E-state index contributed by atoms with van der Waals surface area (Å²) in [5.41, 5.74) is 0. The van der Waals surface area contributed by atoms with E-state index in [1.807, 2.05) is 0 Å². The maximum Gasteiger partial charge on any atom is 0.434 e. The molecular formula is C17H17ClN4O4S. The van der Waals surface area contributed by atoms with E-state index < -0.39 is 15.8 Å². The molecular weight excluding hydrogens is 392 g/mol. The van der Waals surface area contributed by atoms with Crippen LogP contribution in [0.5, 0.6) is 0 Å². The molecule has 0 amide bonds. The number of aromatic nitrogens is 2. The zero-order valence-corrected chi connectivity index (χ0v) is 15.8. The topological polar surface area (TPSA) is 108 Å². The first-order valence-electron chi connectivity index (χ1n) is 8.39. The van der Waals surface area contributed by atoms with Crippen molar-refractivity contribution in [3.63, 3.8) is 0 Å². The fourth-order valence-electron chi connectivity index (χ4n) is 3.21. The highest BCUT2D eigenvalue weighted by atomic mass is 35.5. The Morgan fingerprint density at radius 2 is 2.00 bits per heavy atom. The van der Waals surface area contributed by atoms with Crippen molar-refractivity contribution in [2.45, 2.75) is 17.4 Å². The van der Waals surface area contributed by atoms with Crippen molar-refractivity contribution >= 4 is 32.4 Å². The van der Waals surface area contributed by atoms with Gasteiger partial charge in [-0.3, -0.25) is 0 Å². The van der Waals surface area contributed by atoms with Gasteiger partial charge in [0.15, 0.2) is 0 Å². The average Bonchev–Trinajstić information content (AvgIpc) is 3.06. The Kier molecular flexibility index (Phi) is 4.77. The molecule has 1 unspecified atom stereocenters. The fraction of sp³-hybridized carbons (Fsp3) is 0.294. The molecule has 0 saturated carbocycles. The van der Waals surface area contributed by atoms with Crippen molar-refractivity contribution in [1.29, 1.82) is 0 Å². The molecule has 0 radical (unpaired) electrons. The lowest BCUT2D eigenvalue weighted by Crippen LogP contribution is -2.53. The molecule has 0 bridgehead atoms. The van der Waals surface area contributed by atoms with Gasteiger partial charge in [-0.2, -0.15) is 4.31 Å². The highest BCUT2D eigenvalue weighted by Crippen LogP contribution is 2.25. The molecule has 0 spiro atoms. The number of fused-ring (bicyclic) bond motifs is 1. The maximum absolute atomic E-state index is 13.1. The number of benzene rings is 2. The van der Waals surface area contributed by atoms with Gasteiger partial charge in [0.1, 0.15) is 0 Å². The number of rotatable bonds is 4. The quantitative estimate of drug-likeness (QED) is 0.675. The zero-order valence-electron chi connectivity index (χ0n) is 14.2. The summed E-state index contributed by atoms with van der Waals surface area (Å²) < 4.78 is 32.5. The molecule has 0 aliphatic carbocycles. The van der Waals surface area contributed by atoms with Crippen molar-refractivity contribution < 1.29 is 12.8 Å². The second kappa shape index (κ2) is 7.08. The van der Waals surface area contributed by atoms with Gasteiger partial charge in [0.2, 0.25) is 15.9 Å². The minimum atomic E-state index is -3.64. The van der Waals surface area contributed by atoms with Crippen molar-refractivity contribution in [2.75, 3.05) is 19.6 Å². The fourth-order valence-corrected chi connectivity index (χ4v) is 4.92. The predicted molar refractivity (Wildman–Crippen MR) is 100 cm³/mol. The normalized spacial score (nSPS) is 18.8. The predicted octanol–water partition coefficient (Wildman–Crippen LogP) is 1.37. The monoisotopic (exact) mass is 408 g/mol. The lowest BCUT2D eigenvalue weighted by molar-refractivity contribution is 0.284. The highest BCUT2D eigenvalue weighted by molar-refractivity contribution is 7.89. The Labute approximate surface area is 160 Å². The second-order valence-corrected chi connectivity index (χ2v) is 8.75. The van der Waals surface area contributed by atoms with Gasteiger partial charge < -0.3 is 9.73 Å². The van der Waals surface area contributed by atoms with E-state index in [4.69, 9.17) is 16.0 Å². The summed E-state index contributed by atoms with van der Waals surface area (Å²) in [6.07, 6.45) is 0.320. The van der Waals surface area contributed by atoms with E-state index in [-0.39, 0.29) is 23.4 Å². The van der Waals surface area contributed by atoms with Crippen LogP contribution in [0.3, 0.4) is 0 Å². The van der Waals surface area contributed by atoms with Crippen molar-refractivity contribution in [1.82, 2.24) is 19.8 Å². The Bertz CT molecular complexity index is 1140. The number of hydrogen-bond donors (Lipinski definition) is 2. The van der Waals surface area contributed by atoms with Gasteiger partial charge in [-0.15, -0.1) is 5.10 Å². The van der Waals surface area contributed by atoms with Crippen molar-refractivity contribution in [3.8, 4) is 0 Å². The van der Waals surface area contributed by atoms with E-state index in [2.05, 4.69) is 15.5 Å². The summed E-state index contributed by atoms with van der Waals surface area (Å²) in [5.74, 6) is -0.374. The van der Waals surface area contributed by atoms with Crippen LogP contribution in [0.1, 0.15) is 5.89 Å². The van der Waals surface area contributed by atoms with E-state index in [1.165, 1.54) is 4.31 Å². The first kappa shape index (κ1) is 18.2. The summed E-state index contributed by atoms with van der Waals surface area (Å²) in [6.45, 7) is 1.13. The summed E-state index contributed by atoms with van der Waals surface area (Å²) in [5, 5.41) is 11.5. The molecule has 2 aromatic carbocycles. The lowest BCUT2D eigenvalue weighted by Gasteiger charge is -2.32. The third-order valence-electron chi connectivity index (χ3n) is 4.53. The number of nitrogens with one attached hydrogen (secondary N) is 2. The van der Waals surface area contributed by atoms with Crippen LogP contribution in [0.15, 0.2) is 50.5 Å². The SMILES string of the molecule is O=c1[nH]nc(CC2CN(S(=O)(=O)c3ccc4cc(Cl)ccc4c3)CCN2)o1. The number of hydrogen-bond acceptors (Lipinski definition) is 6. The molecule has 27 heavy (non-hydrogen) atoms. The van der Waals surface area contributed by atoms with Gasteiger partial charge in [0, 0.05) is 37.1 Å². The number of nitrogens with zero attached hydrogens (tertiary/aromatic N) is 2. The Hall–Kier alpha value is -2.20. The van der Waals surface area contributed by atoms with Crippen LogP contribution in [0.4, 0.5) is 0 Å². The maximum atomic E-state index is 13.1. The van der Waals surface area contributed by atoms with Crippen LogP contribution in [0.2, 0.25) is 5.02 Å². The molecule has 8 nitrogen and oxygen atoms in total. The molecule has 4 rings (SSSR count). The molecule has 1 aliphatic rings. The van der Waals surface area contributed by atoms with Gasteiger partial charge in [-0.05, 0) is 35.0 Å². The standard InChI is InChI=1S/C17H17ClN4O4S/c18-13-3-1-12-8-15(4-2-11(12)7-13)27(24,25)22-6-5-19-14(10-22)9-16-20-21-17(23)26-16/h1-4,7-8,14,19H,5-6,9-10H2,(H,21,23). The van der Waals surface area contributed by atoms with Gasteiger partial charge in [-0.25, -0.2) is 18.3 Å². The molecule has 2 heterocycles. The van der Waals surface area contributed by atoms with Crippen molar-refractivity contribution in [2.24, 2.45) is 0 Å². The Balaban J connectivity index is 1.57. The van der Waals surface area contributed by atoms with Gasteiger partial charge in [0.05, 0.1) is 4.90 Å². The number of sulfonamides is 1. The molecule has 2 N–H and O–H groups in total. The van der Waals surface area contributed by atoms with Crippen LogP contribution >= 0.6 is 11.6 Å². The smallest absolute Gasteiger partial charge is 0.392 e. The van der Waals surface area contributed by atoms with Crippen LogP contribution in [0.25, 0.3) is 10.8 Å². The van der Waals surface area contributed by atoms with Gasteiger partial charge in [0.25, 0.3) is 0 Å². The van der Waals surface area contributed by atoms with Gasteiger partial charge >= 0.3 is 5.76 Å².